The fourth-order valence-electron chi connectivity index (χ4n) is 2.91. The number of carbonyl (C=O) groups excluding carboxylic acids is 1. The molecule has 0 heterocycles. The summed E-state index contributed by atoms with van der Waals surface area (Å²) in [6, 6.07) is 27.6. The van der Waals surface area contributed by atoms with Crippen LogP contribution in [0.25, 0.3) is 0 Å². The highest BCUT2D eigenvalue weighted by molar-refractivity contribution is 6.30. The van der Waals surface area contributed by atoms with Crippen molar-refractivity contribution >= 4 is 17.5 Å². The quantitative estimate of drug-likeness (QED) is 0.624. The fraction of sp³-hybridized carbons (Fsp3) is 0.125. The van der Waals surface area contributed by atoms with E-state index in [-0.39, 0.29) is 11.8 Å². The molecule has 134 valence electrons. The Morgan fingerprint density at radius 3 is 2.11 bits per heavy atom. The molecule has 3 heteroatoms. The van der Waals surface area contributed by atoms with E-state index in [0.717, 1.165) is 16.7 Å². The summed E-state index contributed by atoms with van der Waals surface area (Å²) in [5.41, 5.74) is 3.09. The highest BCUT2D eigenvalue weighted by Crippen LogP contribution is 2.27. The van der Waals surface area contributed by atoms with E-state index in [2.05, 4.69) is 41.4 Å². The Morgan fingerprint density at radius 2 is 1.52 bits per heavy atom. The van der Waals surface area contributed by atoms with Crippen molar-refractivity contribution in [3.05, 3.63) is 107 Å². The van der Waals surface area contributed by atoms with Crippen LogP contribution < -0.4 is 5.32 Å². The molecular formula is C24H20ClNO. The minimum Gasteiger partial charge on any atom is -0.345 e. The van der Waals surface area contributed by atoms with Crippen molar-refractivity contribution in [3.8, 4) is 11.8 Å². The maximum absolute atomic E-state index is 12.5. The standard InChI is InChI=1S/C24H20ClNO/c25-22-15-7-9-19(17-22)10-8-16-26-24(27)18-23(20-11-3-1-4-12-20)21-13-5-2-6-14-21/h1-7,9,11-15,17,23H,16,18H2,(H,26,27). The highest BCUT2D eigenvalue weighted by atomic mass is 35.5. The van der Waals surface area contributed by atoms with Gasteiger partial charge in [-0.25, -0.2) is 0 Å². The van der Waals surface area contributed by atoms with E-state index in [9.17, 15) is 4.79 Å². The number of rotatable bonds is 5. The third-order valence-corrected chi connectivity index (χ3v) is 4.46. The Morgan fingerprint density at radius 1 is 0.889 bits per heavy atom. The van der Waals surface area contributed by atoms with Crippen molar-refractivity contribution < 1.29 is 4.79 Å². The van der Waals surface area contributed by atoms with Crippen molar-refractivity contribution in [2.45, 2.75) is 12.3 Å². The number of benzene rings is 3. The molecule has 0 radical (unpaired) electrons. The van der Waals surface area contributed by atoms with Crippen molar-refractivity contribution in [2.24, 2.45) is 0 Å². The second kappa shape index (κ2) is 9.62. The molecule has 1 amide bonds. The first-order valence-electron chi connectivity index (χ1n) is 8.83. The van der Waals surface area contributed by atoms with Crippen LogP contribution in [0.3, 0.4) is 0 Å². The number of nitrogens with one attached hydrogen (secondary N) is 1. The van der Waals surface area contributed by atoms with Crippen LogP contribution >= 0.6 is 11.6 Å². The average Bonchev–Trinajstić information content (AvgIpc) is 2.71. The molecule has 27 heavy (non-hydrogen) atoms. The van der Waals surface area contributed by atoms with Gasteiger partial charge in [0.2, 0.25) is 5.91 Å². The Hall–Kier alpha value is -3.02. The zero-order chi connectivity index (χ0) is 18.9. The lowest BCUT2D eigenvalue weighted by Gasteiger charge is -2.17. The SMILES string of the molecule is O=C(CC(c1ccccc1)c1ccccc1)NCC#Cc1cccc(Cl)c1. The number of halogens is 1. The first-order valence-corrected chi connectivity index (χ1v) is 9.21. The monoisotopic (exact) mass is 373 g/mol. The molecule has 0 saturated heterocycles. The van der Waals surface area contributed by atoms with Crippen molar-refractivity contribution in [1.29, 1.82) is 0 Å². The lowest BCUT2D eigenvalue weighted by Crippen LogP contribution is -2.25. The van der Waals surface area contributed by atoms with Gasteiger partial charge in [-0.15, -0.1) is 0 Å². The van der Waals surface area contributed by atoms with Gasteiger partial charge in [0, 0.05) is 22.9 Å². The second-order valence-corrected chi connectivity index (χ2v) is 6.60. The number of hydrogen-bond acceptors (Lipinski definition) is 1. The van der Waals surface area contributed by atoms with Crippen LogP contribution in [-0.4, -0.2) is 12.5 Å². The van der Waals surface area contributed by atoms with Crippen LogP contribution in [0, 0.1) is 11.8 Å². The molecule has 0 fully saturated rings. The average molecular weight is 374 g/mol. The second-order valence-electron chi connectivity index (χ2n) is 6.17. The smallest absolute Gasteiger partial charge is 0.221 e. The van der Waals surface area contributed by atoms with Gasteiger partial charge in [-0.2, -0.15) is 0 Å². The molecule has 1 N–H and O–H groups in total. The van der Waals surface area contributed by atoms with Gasteiger partial charge >= 0.3 is 0 Å². The fourth-order valence-corrected chi connectivity index (χ4v) is 3.10. The maximum Gasteiger partial charge on any atom is 0.221 e. The largest absolute Gasteiger partial charge is 0.345 e. The Labute approximate surface area is 165 Å². The molecule has 0 saturated carbocycles. The Bertz CT molecular complexity index is 903. The van der Waals surface area contributed by atoms with E-state index < -0.39 is 0 Å². The summed E-state index contributed by atoms with van der Waals surface area (Å²) in [7, 11) is 0. The molecular weight excluding hydrogens is 354 g/mol. The zero-order valence-electron chi connectivity index (χ0n) is 14.9. The van der Waals surface area contributed by atoms with Crippen molar-refractivity contribution in [3.63, 3.8) is 0 Å². The predicted molar refractivity (Wildman–Crippen MR) is 111 cm³/mol. The summed E-state index contributed by atoms with van der Waals surface area (Å²) in [6.45, 7) is 0.307. The molecule has 0 unspecified atom stereocenters. The molecule has 3 aromatic carbocycles. The van der Waals surface area contributed by atoms with Crippen molar-refractivity contribution in [2.75, 3.05) is 6.54 Å². The number of hydrogen-bond donors (Lipinski definition) is 1. The molecule has 0 spiro atoms. The number of carbonyl (C=O) groups is 1. The van der Waals surface area contributed by atoms with Gasteiger partial charge in [-0.05, 0) is 29.3 Å². The van der Waals surface area contributed by atoms with E-state index in [1.165, 1.54) is 0 Å². The molecule has 0 bridgehead atoms. The third-order valence-electron chi connectivity index (χ3n) is 4.22. The van der Waals surface area contributed by atoms with Gasteiger partial charge in [0.05, 0.1) is 6.54 Å². The summed E-state index contributed by atoms with van der Waals surface area (Å²) in [4.78, 5) is 12.5. The van der Waals surface area contributed by atoms with Gasteiger partial charge in [-0.1, -0.05) is 90.2 Å². The molecule has 3 rings (SSSR count). The third kappa shape index (κ3) is 5.74. The van der Waals surface area contributed by atoms with Crippen LogP contribution in [0.15, 0.2) is 84.9 Å². The molecule has 0 aliphatic heterocycles. The topological polar surface area (TPSA) is 29.1 Å². The maximum atomic E-state index is 12.5. The van der Waals surface area contributed by atoms with Gasteiger partial charge in [0.15, 0.2) is 0 Å². The van der Waals surface area contributed by atoms with Gasteiger partial charge in [0.1, 0.15) is 0 Å². The minimum absolute atomic E-state index is 0.0203. The lowest BCUT2D eigenvalue weighted by atomic mass is 9.88. The van der Waals surface area contributed by atoms with E-state index >= 15 is 0 Å². The van der Waals surface area contributed by atoms with Crippen LogP contribution in [0.5, 0.6) is 0 Å². The normalized spacial score (nSPS) is 10.1. The van der Waals surface area contributed by atoms with Crippen LogP contribution in [0.2, 0.25) is 5.02 Å². The molecule has 0 atom stereocenters. The first-order chi connectivity index (χ1) is 13.2. The molecule has 0 aliphatic rings. The van der Waals surface area contributed by atoms with Crippen molar-refractivity contribution in [1.82, 2.24) is 5.32 Å². The van der Waals surface area contributed by atoms with E-state index in [1.54, 1.807) is 6.07 Å². The van der Waals surface area contributed by atoms with Gasteiger partial charge in [0.25, 0.3) is 0 Å². The summed E-state index contributed by atoms with van der Waals surface area (Å²) >= 11 is 5.94. The zero-order valence-corrected chi connectivity index (χ0v) is 15.6. The Kier molecular flexibility index (Phi) is 6.68. The molecule has 0 aliphatic carbocycles. The summed E-state index contributed by atoms with van der Waals surface area (Å²) in [5, 5.41) is 3.54. The van der Waals surface area contributed by atoms with Crippen LogP contribution in [-0.2, 0) is 4.79 Å². The predicted octanol–water partition coefficient (Wildman–Crippen LogP) is 5.03. The van der Waals surface area contributed by atoms with E-state index in [0.29, 0.717) is 18.0 Å². The van der Waals surface area contributed by atoms with Gasteiger partial charge < -0.3 is 5.32 Å². The van der Waals surface area contributed by atoms with Crippen LogP contribution in [0.1, 0.15) is 29.0 Å². The van der Waals surface area contributed by atoms with Gasteiger partial charge in [-0.3, -0.25) is 4.79 Å². The number of amides is 1. The summed E-state index contributed by atoms with van der Waals surface area (Å²) in [6.07, 6.45) is 0.382. The first kappa shape index (κ1) is 18.8. The molecule has 0 aromatic heterocycles. The molecule has 3 aromatic rings. The minimum atomic E-state index is -0.0203. The lowest BCUT2D eigenvalue weighted by molar-refractivity contribution is -0.121. The highest BCUT2D eigenvalue weighted by Gasteiger charge is 2.17. The van der Waals surface area contributed by atoms with E-state index in [4.69, 9.17) is 11.6 Å². The van der Waals surface area contributed by atoms with E-state index in [1.807, 2.05) is 54.6 Å². The summed E-state index contributed by atoms with van der Waals surface area (Å²) < 4.78 is 0. The summed E-state index contributed by atoms with van der Waals surface area (Å²) in [5.74, 6) is 5.98. The Balaban J connectivity index is 1.63. The van der Waals surface area contributed by atoms with Crippen LogP contribution in [0.4, 0.5) is 0 Å². The molecule has 2 nitrogen and oxygen atoms in total.